The lowest BCUT2D eigenvalue weighted by Gasteiger charge is -2.29. The van der Waals surface area contributed by atoms with Gasteiger partial charge in [-0.2, -0.15) is 0 Å². The third kappa shape index (κ3) is 5.21. The van der Waals surface area contributed by atoms with Crippen molar-refractivity contribution >= 4 is 27.0 Å². The van der Waals surface area contributed by atoms with Crippen LogP contribution < -0.4 is 15.5 Å². The average Bonchev–Trinajstić information content (AvgIpc) is 3.10. The van der Waals surface area contributed by atoms with E-state index < -0.39 is 7.82 Å². The van der Waals surface area contributed by atoms with Crippen LogP contribution in [-0.2, 0) is 13.8 Å². The van der Waals surface area contributed by atoms with Crippen LogP contribution in [0.15, 0.2) is 53.9 Å². The van der Waals surface area contributed by atoms with E-state index in [1.54, 1.807) is 29.3 Å². The van der Waals surface area contributed by atoms with Crippen LogP contribution in [0.25, 0.3) is 0 Å². The van der Waals surface area contributed by atoms with Crippen LogP contribution in [-0.4, -0.2) is 47.6 Å². The van der Waals surface area contributed by atoms with E-state index in [1.165, 1.54) is 12.1 Å². The number of hydrogen-bond donors (Lipinski definition) is 3. The zero-order chi connectivity index (χ0) is 19.4. The molecule has 0 saturated carbocycles. The molecule has 2 heterocycles. The number of aliphatic imine (C=N–C) groups is 1. The molecule has 3 atom stereocenters. The molecule has 9 nitrogen and oxygen atoms in total. The molecule has 0 aromatic heterocycles. The van der Waals surface area contributed by atoms with E-state index in [4.69, 9.17) is 26.8 Å². The van der Waals surface area contributed by atoms with E-state index in [9.17, 15) is 9.46 Å². The molecule has 1 saturated heterocycles. The molecule has 3 rings (SSSR count). The number of amidine groups is 1. The lowest BCUT2D eigenvalue weighted by molar-refractivity contribution is -0.0389. The summed E-state index contributed by atoms with van der Waals surface area (Å²) in [5, 5.41) is 8.86. The fraction of sp³-hybridized carbons (Fsp3) is 0.312. The van der Waals surface area contributed by atoms with Gasteiger partial charge in [-0.15, -0.1) is 0 Å². The Bertz CT molecular complexity index is 800. The summed E-state index contributed by atoms with van der Waals surface area (Å²) in [6, 6.07) is 6.07. The van der Waals surface area contributed by atoms with Crippen molar-refractivity contribution < 1.29 is 28.5 Å². The number of nitrogens with one attached hydrogen (secondary N) is 1. The number of nitrogens with zero attached hydrogens (tertiary/aromatic N) is 2. The predicted molar refractivity (Wildman–Crippen MR) is 98.6 cm³/mol. The number of hydroxylamine groups is 1. The first-order chi connectivity index (χ1) is 12.9. The Morgan fingerprint density at radius 2 is 2.15 bits per heavy atom. The molecular formula is C16H19BN3O6P. The summed E-state index contributed by atoms with van der Waals surface area (Å²) in [4.78, 5) is 15.6. The highest BCUT2D eigenvalue weighted by molar-refractivity contribution is 7.47. The fourth-order valence-electron chi connectivity index (χ4n) is 2.67. The standard InChI is InChI=1S/C16H19BN3O6P/c1-11-18-15(19-21)8-9-20(11)16-7-6-14(25-16)10-24-27(22,23)26-13-4-2-12(17)3-5-13/h2-5,8-9,14,16,21H,1,6-7,10H2,(H,18,19)(H,22,23). The molecule has 0 aliphatic carbocycles. The number of phosphoric acid groups is 1. The first kappa shape index (κ1) is 19.7. The van der Waals surface area contributed by atoms with Gasteiger partial charge in [-0.3, -0.25) is 20.1 Å². The van der Waals surface area contributed by atoms with Gasteiger partial charge in [-0.05, 0) is 31.1 Å². The van der Waals surface area contributed by atoms with Crippen LogP contribution in [0, 0.1) is 0 Å². The number of benzene rings is 1. The van der Waals surface area contributed by atoms with Crippen LogP contribution in [0.1, 0.15) is 12.8 Å². The first-order valence-electron chi connectivity index (χ1n) is 8.18. The van der Waals surface area contributed by atoms with Gasteiger partial charge < -0.3 is 14.2 Å². The maximum Gasteiger partial charge on any atom is 0.527 e. The Morgan fingerprint density at radius 3 is 2.81 bits per heavy atom. The minimum atomic E-state index is -4.28. The van der Waals surface area contributed by atoms with Gasteiger partial charge in [0.05, 0.1) is 12.7 Å². The van der Waals surface area contributed by atoms with Crippen molar-refractivity contribution in [3.63, 3.8) is 0 Å². The quantitative estimate of drug-likeness (QED) is 0.376. The molecule has 142 valence electrons. The van der Waals surface area contributed by atoms with Gasteiger partial charge in [0.1, 0.15) is 25.6 Å². The zero-order valence-corrected chi connectivity index (χ0v) is 15.3. The topological polar surface area (TPSA) is 113 Å². The molecule has 1 fully saturated rings. The van der Waals surface area contributed by atoms with Gasteiger partial charge in [0.15, 0.2) is 5.84 Å². The smallest absolute Gasteiger partial charge is 0.404 e. The molecule has 11 heteroatoms. The van der Waals surface area contributed by atoms with E-state index in [-0.39, 0.29) is 30.5 Å². The molecule has 3 unspecified atom stereocenters. The van der Waals surface area contributed by atoms with Crippen molar-refractivity contribution in [2.75, 3.05) is 6.61 Å². The van der Waals surface area contributed by atoms with Crippen molar-refractivity contribution in [1.29, 1.82) is 0 Å². The summed E-state index contributed by atoms with van der Waals surface area (Å²) in [6.45, 7) is 3.71. The Morgan fingerprint density at radius 1 is 1.41 bits per heavy atom. The SMILES string of the molecule is [B]c1ccc(OP(=O)(O)OCC2CCC(N3C=CC(NO)=NC3=C)O2)cc1. The van der Waals surface area contributed by atoms with E-state index in [1.807, 2.05) is 5.48 Å². The van der Waals surface area contributed by atoms with Gasteiger partial charge in [0.2, 0.25) is 0 Å². The van der Waals surface area contributed by atoms with Gasteiger partial charge in [-0.1, -0.05) is 24.2 Å². The molecule has 0 amide bonds. The molecule has 2 aliphatic heterocycles. The van der Waals surface area contributed by atoms with E-state index in [0.717, 1.165) is 0 Å². The Kier molecular flexibility index (Phi) is 6.03. The van der Waals surface area contributed by atoms with Crippen LogP contribution in [0.3, 0.4) is 0 Å². The lowest BCUT2D eigenvalue weighted by atomic mass is 9.97. The van der Waals surface area contributed by atoms with Gasteiger partial charge in [0, 0.05) is 6.20 Å². The Hall–Kier alpha value is -2.10. The second-order valence-electron chi connectivity index (χ2n) is 5.96. The lowest BCUT2D eigenvalue weighted by Crippen LogP contribution is -2.34. The predicted octanol–water partition coefficient (Wildman–Crippen LogP) is 1.16. The van der Waals surface area contributed by atoms with Crippen LogP contribution in [0.2, 0.25) is 0 Å². The molecule has 1 aromatic carbocycles. The van der Waals surface area contributed by atoms with E-state index in [0.29, 0.717) is 24.1 Å². The highest BCUT2D eigenvalue weighted by Crippen LogP contribution is 2.44. The number of rotatable bonds is 6. The number of ether oxygens (including phenoxy) is 1. The number of hydrogen-bond acceptors (Lipinski definition) is 8. The van der Waals surface area contributed by atoms with Gasteiger partial charge in [0.25, 0.3) is 0 Å². The van der Waals surface area contributed by atoms with Crippen molar-refractivity contribution in [3.05, 3.63) is 48.9 Å². The van der Waals surface area contributed by atoms with Crippen LogP contribution in [0.5, 0.6) is 5.75 Å². The molecule has 1 aromatic rings. The maximum atomic E-state index is 12.1. The summed E-state index contributed by atoms with van der Waals surface area (Å²) in [7, 11) is 1.28. The second-order valence-corrected chi connectivity index (χ2v) is 7.34. The zero-order valence-electron chi connectivity index (χ0n) is 14.4. The van der Waals surface area contributed by atoms with E-state index >= 15 is 0 Å². The normalized spacial score (nSPS) is 24.4. The van der Waals surface area contributed by atoms with Crippen molar-refractivity contribution in [3.8, 4) is 5.75 Å². The third-order valence-electron chi connectivity index (χ3n) is 3.97. The highest BCUT2D eigenvalue weighted by atomic mass is 31.2. The summed E-state index contributed by atoms with van der Waals surface area (Å²) in [6.07, 6.45) is 3.82. The summed E-state index contributed by atoms with van der Waals surface area (Å²) >= 11 is 0. The molecule has 3 N–H and O–H groups in total. The fourth-order valence-corrected chi connectivity index (χ4v) is 3.47. The molecular weight excluding hydrogens is 372 g/mol. The van der Waals surface area contributed by atoms with Crippen molar-refractivity contribution in [2.45, 2.75) is 25.2 Å². The van der Waals surface area contributed by atoms with Crippen molar-refractivity contribution in [2.24, 2.45) is 4.99 Å². The van der Waals surface area contributed by atoms with Crippen LogP contribution in [0.4, 0.5) is 0 Å². The average molecular weight is 391 g/mol. The second kappa shape index (κ2) is 8.29. The molecule has 0 bridgehead atoms. The maximum absolute atomic E-state index is 12.1. The van der Waals surface area contributed by atoms with Gasteiger partial charge in [-0.25, -0.2) is 9.56 Å². The molecule has 2 aliphatic rings. The summed E-state index contributed by atoms with van der Waals surface area (Å²) < 4.78 is 27.9. The third-order valence-corrected chi connectivity index (χ3v) is 4.89. The minimum absolute atomic E-state index is 0.101. The Balaban J connectivity index is 1.49. The first-order valence-corrected chi connectivity index (χ1v) is 9.68. The molecule has 2 radical (unpaired) electrons. The Labute approximate surface area is 157 Å². The largest absolute Gasteiger partial charge is 0.527 e. The molecule has 0 spiro atoms. The highest BCUT2D eigenvalue weighted by Gasteiger charge is 2.33. The summed E-state index contributed by atoms with van der Waals surface area (Å²) in [5.74, 6) is 0.858. The van der Waals surface area contributed by atoms with Crippen LogP contribution >= 0.6 is 7.82 Å². The monoisotopic (exact) mass is 391 g/mol. The molecule has 27 heavy (non-hydrogen) atoms. The van der Waals surface area contributed by atoms with E-state index in [2.05, 4.69) is 11.6 Å². The van der Waals surface area contributed by atoms with Gasteiger partial charge >= 0.3 is 7.82 Å². The summed E-state index contributed by atoms with van der Waals surface area (Å²) in [5.41, 5.74) is 2.46. The van der Waals surface area contributed by atoms with Crippen molar-refractivity contribution in [1.82, 2.24) is 10.4 Å². The minimum Gasteiger partial charge on any atom is -0.404 e. The number of phosphoric ester groups is 1.